The van der Waals surface area contributed by atoms with Crippen molar-refractivity contribution in [3.63, 3.8) is 0 Å². The molecule has 0 bridgehead atoms. The van der Waals surface area contributed by atoms with E-state index in [9.17, 15) is 5.11 Å². The van der Waals surface area contributed by atoms with Gasteiger partial charge in [0.1, 0.15) is 5.75 Å². The van der Waals surface area contributed by atoms with Gasteiger partial charge in [-0.05, 0) is 35.9 Å². The lowest BCUT2D eigenvalue weighted by molar-refractivity contribution is 0.418. The molecule has 0 saturated carbocycles. The van der Waals surface area contributed by atoms with Crippen LogP contribution in [0.3, 0.4) is 0 Å². The molecule has 3 rings (SSSR count). The number of nitrogens with zero attached hydrogens (tertiary/aromatic N) is 2. The van der Waals surface area contributed by atoms with Crippen LogP contribution in [0.25, 0.3) is 11.5 Å². The molecule has 0 radical (unpaired) electrons. The quantitative estimate of drug-likeness (QED) is 0.745. The van der Waals surface area contributed by atoms with Crippen molar-refractivity contribution in [2.75, 3.05) is 0 Å². The van der Waals surface area contributed by atoms with Gasteiger partial charge in [0.15, 0.2) is 5.82 Å². The predicted molar refractivity (Wildman–Crippen MR) is 83.4 cm³/mol. The van der Waals surface area contributed by atoms with Crippen molar-refractivity contribution >= 4 is 27.5 Å². The summed E-state index contributed by atoms with van der Waals surface area (Å²) in [6.45, 7) is 0. The molecule has 1 heterocycles. The summed E-state index contributed by atoms with van der Waals surface area (Å²) < 4.78 is 5.99. The Morgan fingerprint density at radius 3 is 2.62 bits per heavy atom. The number of benzene rings is 2. The molecular weight excluding hydrogens is 356 g/mol. The van der Waals surface area contributed by atoms with Gasteiger partial charge in [-0.25, -0.2) is 0 Å². The zero-order chi connectivity index (χ0) is 14.8. The number of hydrogen-bond donors (Lipinski definition) is 1. The number of aromatic nitrogens is 2. The average Bonchev–Trinajstić information content (AvgIpc) is 2.90. The Balaban J connectivity index is 1.84. The third-order valence-electron chi connectivity index (χ3n) is 2.93. The van der Waals surface area contributed by atoms with Crippen molar-refractivity contribution in [3.8, 4) is 17.2 Å². The summed E-state index contributed by atoms with van der Waals surface area (Å²) in [5.74, 6) is 0.935. The van der Waals surface area contributed by atoms with Gasteiger partial charge >= 0.3 is 0 Å². The zero-order valence-electron chi connectivity index (χ0n) is 10.8. The summed E-state index contributed by atoms with van der Waals surface area (Å²) in [6, 6.07) is 12.6. The topological polar surface area (TPSA) is 59.2 Å². The second-order valence-electron chi connectivity index (χ2n) is 4.48. The lowest BCUT2D eigenvalue weighted by Crippen LogP contribution is -1.90. The monoisotopic (exact) mass is 364 g/mol. The number of halogens is 2. The highest BCUT2D eigenvalue weighted by atomic mass is 79.9. The molecule has 0 saturated heterocycles. The molecule has 0 aliphatic rings. The predicted octanol–water partition coefficient (Wildman–Crippen LogP) is 4.45. The highest BCUT2D eigenvalue weighted by molar-refractivity contribution is 9.10. The first-order chi connectivity index (χ1) is 10.1. The lowest BCUT2D eigenvalue weighted by Gasteiger charge is -1.99. The van der Waals surface area contributed by atoms with E-state index in [1.807, 2.05) is 24.3 Å². The molecule has 2 aromatic carbocycles. The molecule has 0 fully saturated rings. The van der Waals surface area contributed by atoms with E-state index in [-0.39, 0.29) is 5.75 Å². The fourth-order valence-corrected chi connectivity index (χ4v) is 2.38. The van der Waals surface area contributed by atoms with Gasteiger partial charge < -0.3 is 9.63 Å². The summed E-state index contributed by atoms with van der Waals surface area (Å²) >= 11 is 9.13. The Morgan fingerprint density at radius 2 is 1.90 bits per heavy atom. The molecule has 21 heavy (non-hydrogen) atoms. The van der Waals surface area contributed by atoms with E-state index in [0.29, 0.717) is 28.7 Å². The van der Waals surface area contributed by atoms with Crippen LogP contribution in [0.1, 0.15) is 11.4 Å². The van der Waals surface area contributed by atoms with Crippen molar-refractivity contribution in [1.82, 2.24) is 10.1 Å². The van der Waals surface area contributed by atoms with Crippen LogP contribution in [-0.4, -0.2) is 15.2 Å². The van der Waals surface area contributed by atoms with Crippen LogP contribution in [0.2, 0.25) is 5.02 Å². The first-order valence-corrected chi connectivity index (χ1v) is 7.35. The van der Waals surface area contributed by atoms with E-state index >= 15 is 0 Å². The minimum atomic E-state index is 0.0890. The maximum atomic E-state index is 9.90. The minimum Gasteiger partial charge on any atom is -0.507 e. The highest BCUT2D eigenvalue weighted by Gasteiger charge is 2.13. The second kappa shape index (κ2) is 5.87. The van der Waals surface area contributed by atoms with Gasteiger partial charge in [0.2, 0.25) is 0 Å². The van der Waals surface area contributed by atoms with E-state index in [2.05, 4.69) is 26.1 Å². The SMILES string of the molecule is Oc1cc(Br)ccc1-c1nc(Cc2ccc(Cl)cc2)no1. The third-order valence-corrected chi connectivity index (χ3v) is 3.68. The zero-order valence-corrected chi connectivity index (χ0v) is 13.1. The summed E-state index contributed by atoms with van der Waals surface area (Å²) in [7, 11) is 0. The molecule has 1 aromatic heterocycles. The fourth-order valence-electron chi connectivity index (χ4n) is 1.91. The maximum absolute atomic E-state index is 9.90. The molecule has 0 spiro atoms. The summed E-state index contributed by atoms with van der Waals surface area (Å²) in [5, 5.41) is 14.5. The molecular formula is C15H10BrClN2O2. The maximum Gasteiger partial charge on any atom is 0.261 e. The fraction of sp³-hybridized carbons (Fsp3) is 0.0667. The largest absolute Gasteiger partial charge is 0.507 e. The minimum absolute atomic E-state index is 0.0890. The van der Waals surface area contributed by atoms with Gasteiger partial charge in [0.05, 0.1) is 5.56 Å². The second-order valence-corrected chi connectivity index (χ2v) is 5.83. The summed E-state index contributed by atoms with van der Waals surface area (Å²) in [6.07, 6.45) is 0.540. The molecule has 0 atom stereocenters. The third kappa shape index (κ3) is 3.25. The van der Waals surface area contributed by atoms with E-state index in [4.69, 9.17) is 16.1 Å². The number of hydrogen-bond acceptors (Lipinski definition) is 4. The number of phenols is 1. The molecule has 106 valence electrons. The molecule has 0 aliphatic heterocycles. The van der Waals surface area contributed by atoms with Crippen molar-refractivity contribution in [3.05, 3.63) is 63.3 Å². The van der Waals surface area contributed by atoms with Crippen molar-refractivity contribution in [2.24, 2.45) is 0 Å². The van der Waals surface area contributed by atoms with Crippen LogP contribution in [0.15, 0.2) is 51.5 Å². The number of aromatic hydroxyl groups is 1. The van der Waals surface area contributed by atoms with Crippen LogP contribution in [0.4, 0.5) is 0 Å². The molecule has 0 amide bonds. The standard InChI is InChI=1S/C15H10BrClN2O2/c16-10-3-6-12(13(20)8-10)15-18-14(19-21-15)7-9-1-4-11(17)5-2-9/h1-6,8,20H,7H2. The van der Waals surface area contributed by atoms with Crippen molar-refractivity contribution in [2.45, 2.75) is 6.42 Å². The Bertz CT molecular complexity index is 772. The van der Waals surface area contributed by atoms with E-state index in [1.165, 1.54) is 0 Å². The van der Waals surface area contributed by atoms with Crippen LogP contribution in [0, 0.1) is 0 Å². The highest BCUT2D eigenvalue weighted by Crippen LogP contribution is 2.30. The van der Waals surface area contributed by atoms with Crippen molar-refractivity contribution < 1.29 is 9.63 Å². The first-order valence-electron chi connectivity index (χ1n) is 6.18. The Hall–Kier alpha value is -1.85. The van der Waals surface area contributed by atoms with E-state index in [1.54, 1.807) is 18.2 Å². The van der Waals surface area contributed by atoms with Gasteiger partial charge in [-0.15, -0.1) is 0 Å². The molecule has 0 unspecified atom stereocenters. The van der Waals surface area contributed by atoms with Gasteiger partial charge in [0.25, 0.3) is 5.89 Å². The Morgan fingerprint density at radius 1 is 1.14 bits per heavy atom. The van der Waals surface area contributed by atoms with Crippen molar-refractivity contribution in [1.29, 1.82) is 0 Å². The van der Waals surface area contributed by atoms with E-state index < -0.39 is 0 Å². The molecule has 1 N–H and O–H groups in total. The van der Waals surface area contributed by atoms with E-state index in [0.717, 1.165) is 10.0 Å². The van der Waals surface area contributed by atoms with Gasteiger partial charge in [-0.3, -0.25) is 0 Å². The summed E-state index contributed by atoms with van der Waals surface area (Å²) in [5.41, 5.74) is 1.54. The number of phenolic OH excluding ortho intramolecular Hbond substituents is 1. The lowest BCUT2D eigenvalue weighted by atomic mass is 10.1. The molecule has 0 aliphatic carbocycles. The smallest absolute Gasteiger partial charge is 0.261 e. The van der Waals surface area contributed by atoms with Crippen LogP contribution in [0.5, 0.6) is 5.75 Å². The number of rotatable bonds is 3. The normalized spacial score (nSPS) is 10.8. The van der Waals surface area contributed by atoms with Crippen LogP contribution >= 0.6 is 27.5 Å². The summed E-state index contributed by atoms with van der Waals surface area (Å²) in [4.78, 5) is 4.30. The van der Waals surface area contributed by atoms with Gasteiger partial charge in [0, 0.05) is 15.9 Å². The van der Waals surface area contributed by atoms with Crippen LogP contribution < -0.4 is 0 Å². The molecule has 6 heteroatoms. The first kappa shape index (κ1) is 14.1. The Labute approximate surface area is 134 Å². The van der Waals surface area contributed by atoms with Gasteiger partial charge in [-0.2, -0.15) is 4.98 Å². The molecule has 4 nitrogen and oxygen atoms in total. The van der Waals surface area contributed by atoms with Crippen LogP contribution in [-0.2, 0) is 6.42 Å². The Kier molecular flexibility index (Phi) is 3.94. The van der Waals surface area contributed by atoms with Gasteiger partial charge in [-0.1, -0.05) is 44.8 Å². The molecule has 3 aromatic rings. The average molecular weight is 366 g/mol.